The molecule has 6 nitrogen and oxygen atoms in total. The molecule has 1 atom stereocenters. The van der Waals surface area contributed by atoms with Gasteiger partial charge in [0.15, 0.2) is 11.5 Å². The highest BCUT2D eigenvalue weighted by Gasteiger charge is 2.45. The monoisotopic (exact) mass is 370 g/mol. The topological polar surface area (TPSA) is 87.6 Å². The molecule has 1 aliphatic rings. The van der Waals surface area contributed by atoms with Gasteiger partial charge in [0.05, 0.1) is 4.70 Å². The number of carbonyl (C=O) groups excluding carboxylic acids is 2. The van der Waals surface area contributed by atoms with Crippen molar-refractivity contribution in [2.75, 3.05) is 7.05 Å². The van der Waals surface area contributed by atoms with E-state index >= 15 is 0 Å². The van der Waals surface area contributed by atoms with Gasteiger partial charge in [0.2, 0.25) is 5.91 Å². The van der Waals surface area contributed by atoms with Gasteiger partial charge in [-0.1, -0.05) is 6.07 Å². The van der Waals surface area contributed by atoms with Gasteiger partial charge in [0.25, 0.3) is 0 Å². The number of halogens is 3. The normalized spacial score (nSPS) is 18.6. The van der Waals surface area contributed by atoms with Crippen molar-refractivity contribution in [3.63, 3.8) is 0 Å². The molecular weight excluding hydrogens is 361 g/mol. The molecule has 0 bridgehead atoms. The number of benzene rings is 1. The Hall–Kier alpha value is -2.75. The molecule has 2 aromatic rings. The molecule has 1 aromatic heterocycles. The highest BCUT2D eigenvalue weighted by Crippen LogP contribution is 2.36. The SMILES string of the molecule is CN1C(=O)C(c2ccc3snc(C(=O)O)c3c2)C(=O)C=C1C(F)(F)F. The summed E-state index contributed by atoms with van der Waals surface area (Å²) >= 11 is 0.932. The molecule has 3 rings (SSSR count). The summed E-state index contributed by atoms with van der Waals surface area (Å²) in [6.07, 6.45) is -4.44. The minimum Gasteiger partial charge on any atom is -0.476 e. The van der Waals surface area contributed by atoms with Crippen LogP contribution in [0.2, 0.25) is 0 Å². The third-order valence-electron chi connectivity index (χ3n) is 3.82. The van der Waals surface area contributed by atoms with E-state index in [1.807, 2.05) is 0 Å². The van der Waals surface area contributed by atoms with Gasteiger partial charge < -0.3 is 10.0 Å². The average Bonchev–Trinajstić information content (AvgIpc) is 2.93. The van der Waals surface area contributed by atoms with Crippen molar-refractivity contribution in [1.82, 2.24) is 9.27 Å². The predicted octanol–water partition coefficient (Wildman–Crippen LogP) is 2.57. The zero-order chi connectivity index (χ0) is 18.5. The van der Waals surface area contributed by atoms with E-state index in [0.29, 0.717) is 15.7 Å². The second-order valence-electron chi connectivity index (χ2n) is 5.35. The van der Waals surface area contributed by atoms with Crippen LogP contribution in [-0.2, 0) is 9.59 Å². The smallest absolute Gasteiger partial charge is 0.431 e. The number of hydrogen-bond donors (Lipinski definition) is 1. The number of amides is 1. The molecule has 10 heteroatoms. The molecule has 130 valence electrons. The fourth-order valence-corrected chi connectivity index (χ4v) is 3.37. The summed E-state index contributed by atoms with van der Waals surface area (Å²) in [4.78, 5) is 36.0. The van der Waals surface area contributed by atoms with Crippen LogP contribution in [0, 0.1) is 0 Å². The zero-order valence-corrected chi connectivity index (χ0v) is 13.3. The van der Waals surface area contributed by atoms with E-state index < -0.39 is 35.5 Å². The van der Waals surface area contributed by atoms with Crippen molar-refractivity contribution in [1.29, 1.82) is 0 Å². The number of nitrogens with zero attached hydrogens (tertiary/aromatic N) is 2. The maximum Gasteiger partial charge on any atom is 0.431 e. The fourth-order valence-electron chi connectivity index (χ4n) is 2.62. The first-order chi connectivity index (χ1) is 11.6. The first-order valence-electron chi connectivity index (χ1n) is 6.84. The largest absolute Gasteiger partial charge is 0.476 e. The molecule has 0 fully saturated rings. The quantitative estimate of drug-likeness (QED) is 0.821. The standard InChI is InChI=1S/C15H9F3N2O4S/c1-20-10(15(16,17)18)5-8(21)11(13(20)22)6-2-3-9-7(4-6)12(14(23)24)19-25-9/h2-5,11H,1H3,(H,23,24). The third-order valence-corrected chi connectivity index (χ3v) is 4.65. The van der Waals surface area contributed by atoms with E-state index in [2.05, 4.69) is 4.37 Å². The molecule has 1 amide bonds. The lowest BCUT2D eigenvalue weighted by molar-refractivity contribution is -0.147. The van der Waals surface area contributed by atoms with Crippen molar-refractivity contribution in [3.05, 3.63) is 41.2 Å². The summed E-state index contributed by atoms with van der Waals surface area (Å²) in [7, 11) is 0.939. The second-order valence-corrected chi connectivity index (χ2v) is 6.16. The molecule has 0 spiro atoms. The zero-order valence-electron chi connectivity index (χ0n) is 12.5. The molecule has 0 saturated carbocycles. The number of alkyl halides is 3. The Morgan fingerprint density at radius 1 is 1.32 bits per heavy atom. The number of rotatable bonds is 2. The number of likely N-dealkylation sites (N-methyl/N-ethyl adjacent to an activating group) is 1. The van der Waals surface area contributed by atoms with E-state index in [1.165, 1.54) is 18.2 Å². The van der Waals surface area contributed by atoms with Crippen LogP contribution in [0.4, 0.5) is 13.2 Å². The van der Waals surface area contributed by atoms with Gasteiger partial charge >= 0.3 is 12.1 Å². The number of hydrogen-bond acceptors (Lipinski definition) is 5. The first-order valence-corrected chi connectivity index (χ1v) is 7.61. The minimum atomic E-state index is -4.83. The van der Waals surface area contributed by atoms with Crippen LogP contribution in [-0.4, -0.2) is 45.3 Å². The minimum absolute atomic E-state index is 0.120. The second kappa shape index (κ2) is 5.66. The highest BCUT2D eigenvalue weighted by molar-refractivity contribution is 7.13. The van der Waals surface area contributed by atoms with Crippen LogP contribution in [0.3, 0.4) is 0 Å². The highest BCUT2D eigenvalue weighted by atomic mass is 32.1. The Morgan fingerprint density at radius 3 is 2.60 bits per heavy atom. The molecule has 2 heterocycles. The number of carboxylic acids is 1. The molecule has 0 aliphatic carbocycles. The van der Waals surface area contributed by atoms with Crippen molar-refractivity contribution < 1.29 is 32.7 Å². The van der Waals surface area contributed by atoms with Crippen molar-refractivity contribution in [3.8, 4) is 0 Å². The number of ketones is 1. The lowest BCUT2D eigenvalue weighted by Crippen LogP contribution is -2.43. The molecule has 25 heavy (non-hydrogen) atoms. The van der Waals surface area contributed by atoms with Crippen molar-refractivity contribution in [2.45, 2.75) is 12.1 Å². The van der Waals surface area contributed by atoms with Crippen LogP contribution in [0.5, 0.6) is 0 Å². The van der Waals surface area contributed by atoms with Gasteiger partial charge in [0, 0.05) is 18.5 Å². The molecule has 1 aliphatic heterocycles. The first kappa shape index (κ1) is 17.1. The van der Waals surface area contributed by atoms with Crippen LogP contribution >= 0.6 is 11.5 Å². The molecule has 1 aromatic carbocycles. The van der Waals surface area contributed by atoms with Crippen LogP contribution in [0.15, 0.2) is 30.0 Å². The predicted molar refractivity (Wildman–Crippen MR) is 81.2 cm³/mol. The van der Waals surface area contributed by atoms with E-state index in [0.717, 1.165) is 18.6 Å². The van der Waals surface area contributed by atoms with Gasteiger partial charge in [0.1, 0.15) is 11.6 Å². The Morgan fingerprint density at radius 2 is 2.00 bits per heavy atom. The maximum atomic E-state index is 12.9. The Kier molecular flexibility index (Phi) is 3.87. The van der Waals surface area contributed by atoms with Gasteiger partial charge in [-0.3, -0.25) is 9.59 Å². The van der Waals surface area contributed by atoms with E-state index in [-0.39, 0.29) is 16.6 Å². The van der Waals surface area contributed by atoms with Crippen molar-refractivity contribution >= 4 is 39.3 Å². The molecule has 1 unspecified atom stereocenters. The number of carbonyl (C=O) groups is 3. The summed E-state index contributed by atoms with van der Waals surface area (Å²) in [5.41, 5.74) is -1.45. The van der Waals surface area contributed by atoms with Crippen LogP contribution < -0.4 is 0 Å². The summed E-state index contributed by atoms with van der Waals surface area (Å²) < 4.78 is 43.0. The summed E-state index contributed by atoms with van der Waals surface area (Å²) in [5.74, 6) is -4.77. The van der Waals surface area contributed by atoms with Crippen LogP contribution in [0.1, 0.15) is 22.0 Å². The van der Waals surface area contributed by atoms with E-state index in [4.69, 9.17) is 5.11 Å². The van der Waals surface area contributed by atoms with E-state index in [1.54, 1.807) is 0 Å². The average molecular weight is 370 g/mol. The van der Waals surface area contributed by atoms with Gasteiger partial charge in [-0.2, -0.15) is 17.5 Å². The number of aromatic carboxylic acids is 1. The molecule has 0 saturated heterocycles. The number of allylic oxidation sites excluding steroid dienone is 2. The Labute approximate surface area is 142 Å². The number of aromatic nitrogens is 1. The number of carboxylic acid groups (broad SMARTS) is 1. The fraction of sp³-hybridized carbons (Fsp3) is 0.200. The summed E-state index contributed by atoms with van der Waals surface area (Å²) in [5, 5.41) is 9.34. The molecular formula is C15H9F3N2O4S. The lowest BCUT2D eigenvalue weighted by atomic mass is 9.89. The number of fused-ring (bicyclic) bond motifs is 1. The van der Waals surface area contributed by atoms with Gasteiger partial charge in [-0.15, -0.1) is 0 Å². The van der Waals surface area contributed by atoms with Gasteiger partial charge in [-0.05, 0) is 29.2 Å². The molecule has 1 N–H and O–H groups in total. The third kappa shape index (κ3) is 2.78. The Bertz CT molecular complexity index is 948. The van der Waals surface area contributed by atoms with Crippen molar-refractivity contribution in [2.24, 2.45) is 0 Å². The van der Waals surface area contributed by atoms with Gasteiger partial charge in [-0.25, -0.2) is 4.79 Å². The maximum absolute atomic E-state index is 12.9. The van der Waals surface area contributed by atoms with Crippen LogP contribution in [0.25, 0.3) is 10.1 Å². The Balaban J connectivity index is 2.10. The summed E-state index contributed by atoms with van der Waals surface area (Å²) in [6, 6.07) is 4.20. The van der Waals surface area contributed by atoms with E-state index in [9.17, 15) is 27.6 Å². The summed E-state index contributed by atoms with van der Waals surface area (Å²) in [6.45, 7) is 0. The lowest BCUT2D eigenvalue weighted by Gasteiger charge is -2.30. The molecule has 0 radical (unpaired) electrons.